The minimum atomic E-state index is -0.0519. The molecule has 0 radical (unpaired) electrons. The third-order valence-corrected chi connectivity index (χ3v) is 4.14. The Kier molecular flexibility index (Phi) is 4.79. The van der Waals surface area contributed by atoms with Crippen LogP contribution in [0.2, 0.25) is 0 Å². The van der Waals surface area contributed by atoms with Crippen LogP contribution in [0.5, 0.6) is 5.75 Å². The molecule has 3 nitrogen and oxygen atoms in total. The molecule has 1 N–H and O–H groups in total. The Balaban J connectivity index is 2.02. The van der Waals surface area contributed by atoms with E-state index in [2.05, 4.69) is 18.3 Å². The fraction of sp³-hybridized carbons (Fsp3) is 0.312. The number of nitrogens with one attached hydrogen (secondary N) is 1. The van der Waals surface area contributed by atoms with Gasteiger partial charge in [-0.05, 0) is 61.5 Å². The maximum absolute atomic E-state index is 12.1. The van der Waals surface area contributed by atoms with Crippen LogP contribution in [0.1, 0.15) is 33.3 Å². The first-order chi connectivity index (χ1) is 9.61. The van der Waals surface area contributed by atoms with Crippen LogP contribution < -0.4 is 10.1 Å². The average molecular weight is 289 g/mol. The highest BCUT2D eigenvalue weighted by molar-refractivity contribution is 7.10. The van der Waals surface area contributed by atoms with Gasteiger partial charge in [0.2, 0.25) is 0 Å². The van der Waals surface area contributed by atoms with Gasteiger partial charge in [0.15, 0.2) is 0 Å². The number of benzene rings is 1. The number of hydrogen-bond acceptors (Lipinski definition) is 3. The van der Waals surface area contributed by atoms with Crippen molar-refractivity contribution in [1.29, 1.82) is 0 Å². The molecular formula is C16H19NO2S. The molecule has 0 aliphatic heterocycles. The fourth-order valence-corrected chi connectivity index (χ4v) is 2.80. The molecule has 0 bridgehead atoms. The van der Waals surface area contributed by atoms with Crippen molar-refractivity contribution < 1.29 is 9.53 Å². The van der Waals surface area contributed by atoms with Gasteiger partial charge in [-0.1, -0.05) is 0 Å². The molecule has 1 heterocycles. The van der Waals surface area contributed by atoms with Crippen molar-refractivity contribution in [3.8, 4) is 5.75 Å². The second kappa shape index (κ2) is 6.57. The molecule has 2 aromatic rings. The SMILES string of the molecule is CCOc1ccc(C(=O)NCc2sccc2C)cc1C. The van der Waals surface area contributed by atoms with Gasteiger partial charge in [0.1, 0.15) is 5.75 Å². The van der Waals surface area contributed by atoms with Crippen LogP contribution in [-0.2, 0) is 6.54 Å². The van der Waals surface area contributed by atoms with Crippen LogP contribution in [0.25, 0.3) is 0 Å². The summed E-state index contributed by atoms with van der Waals surface area (Å²) in [6, 6.07) is 7.58. The standard InChI is InChI=1S/C16H19NO2S/c1-4-19-14-6-5-13(9-12(14)3)16(18)17-10-15-11(2)7-8-20-15/h5-9H,4,10H2,1-3H3,(H,17,18). The highest BCUT2D eigenvalue weighted by Gasteiger charge is 2.09. The Morgan fingerprint density at radius 1 is 1.25 bits per heavy atom. The van der Waals surface area contributed by atoms with Crippen molar-refractivity contribution in [1.82, 2.24) is 5.32 Å². The summed E-state index contributed by atoms with van der Waals surface area (Å²) in [5.74, 6) is 0.780. The molecule has 0 aliphatic rings. The average Bonchev–Trinajstić information content (AvgIpc) is 2.84. The summed E-state index contributed by atoms with van der Waals surface area (Å²) in [5.41, 5.74) is 2.87. The number of hydrogen-bond donors (Lipinski definition) is 1. The van der Waals surface area contributed by atoms with Gasteiger partial charge in [-0.15, -0.1) is 11.3 Å². The van der Waals surface area contributed by atoms with Crippen LogP contribution in [0.4, 0.5) is 0 Å². The lowest BCUT2D eigenvalue weighted by Crippen LogP contribution is -2.22. The summed E-state index contributed by atoms with van der Waals surface area (Å²) in [4.78, 5) is 13.3. The van der Waals surface area contributed by atoms with Gasteiger partial charge in [-0.25, -0.2) is 0 Å². The summed E-state index contributed by atoms with van der Waals surface area (Å²) >= 11 is 1.66. The van der Waals surface area contributed by atoms with E-state index in [0.717, 1.165) is 11.3 Å². The Bertz CT molecular complexity index is 604. The maximum Gasteiger partial charge on any atom is 0.251 e. The fourth-order valence-electron chi connectivity index (χ4n) is 1.96. The molecular weight excluding hydrogens is 270 g/mol. The molecule has 0 fully saturated rings. The van der Waals surface area contributed by atoms with E-state index < -0.39 is 0 Å². The van der Waals surface area contributed by atoms with Crippen molar-refractivity contribution in [2.75, 3.05) is 6.61 Å². The van der Waals surface area contributed by atoms with E-state index in [1.165, 1.54) is 10.4 Å². The lowest BCUT2D eigenvalue weighted by Gasteiger charge is -2.09. The quantitative estimate of drug-likeness (QED) is 0.911. The lowest BCUT2D eigenvalue weighted by molar-refractivity contribution is 0.0951. The molecule has 1 amide bonds. The number of rotatable bonds is 5. The molecule has 0 saturated carbocycles. The third-order valence-electron chi connectivity index (χ3n) is 3.11. The molecule has 1 aromatic carbocycles. The second-order valence-corrected chi connectivity index (χ2v) is 5.62. The number of thiophene rings is 1. The minimum absolute atomic E-state index is 0.0519. The van der Waals surface area contributed by atoms with E-state index in [9.17, 15) is 4.79 Å². The Morgan fingerprint density at radius 2 is 2.05 bits per heavy atom. The summed E-state index contributed by atoms with van der Waals surface area (Å²) in [5, 5.41) is 4.99. The summed E-state index contributed by atoms with van der Waals surface area (Å²) < 4.78 is 5.48. The predicted molar refractivity (Wildman–Crippen MR) is 82.6 cm³/mol. The van der Waals surface area contributed by atoms with Crippen molar-refractivity contribution >= 4 is 17.2 Å². The van der Waals surface area contributed by atoms with Gasteiger partial charge >= 0.3 is 0 Å². The number of ether oxygens (including phenoxy) is 1. The van der Waals surface area contributed by atoms with E-state index >= 15 is 0 Å². The Hall–Kier alpha value is -1.81. The predicted octanol–water partition coefficient (Wildman–Crippen LogP) is 3.69. The molecule has 1 aromatic heterocycles. The lowest BCUT2D eigenvalue weighted by atomic mass is 10.1. The third kappa shape index (κ3) is 3.39. The van der Waals surface area contributed by atoms with E-state index in [4.69, 9.17) is 4.74 Å². The minimum Gasteiger partial charge on any atom is -0.494 e. The van der Waals surface area contributed by atoms with Crippen molar-refractivity contribution in [3.63, 3.8) is 0 Å². The monoisotopic (exact) mass is 289 g/mol. The van der Waals surface area contributed by atoms with E-state index in [-0.39, 0.29) is 5.91 Å². The number of carbonyl (C=O) groups excluding carboxylic acids is 1. The van der Waals surface area contributed by atoms with Crippen molar-refractivity contribution in [2.24, 2.45) is 0 Å². The van der Waals surface area contributed by atoms with Gasteiger partial charge in [-0.3, -0.25) is 4.79 Å². The largest absolute Gasteiger partial charge is 0.494 e. The molecule has 0 spiro atoms. The Labute approximate surface area is 123 Å². The molecule has 0 unspecified atom stereocenters. The first-order valence-corrected chi connectivity index (χ1v) is 7.54. The zero-order valence-electron chi connectivity index (χ0n) is 12.0. The van der Waals surface area contributed by atoms with Gasteiger partial charge < -0.3 is 10.1 Å². The smallest absolute Gasteiger partial charge is 0.251 e. The molecule has 0 aliphatic carbocycles. The van der Waals surface area contributed by atoms with Crippen LogP contribution >= 0.6 is 11.3 Å². The summed E-state index contributed by atoms with van der Waals surface area (Å²) in [7, 11) is 0. The first-order valence-electron chi connectivity index (χ1n) is 6.66. The topological polar surface area (TPSA) is 38.3 Å². The number of amides is 1. The summed E-state index contributed by atoms with van der Waals surface area (Å²) in [6.45, 7) is 7.16. The molecule has 4 heteroatoms. The van der Waals surface area contributed by atoms with Crippen molar-refractivity contribution in [2.45, 2.75) is 27.3 Å². The highest BCUT2D eigenvalue weighted by Crippen LogP contribution is 2.19. The first kappa shape index (κ1) is 14.6. The summed E-state index contributed by atoms with van der Waals surface area (Å²) in [6.07, 6.45) is 0. The van der Waals surface area contributed by atoms with E-state index in [1.807, 2.05) is 31.4 Å². The van der Waals surface area contributed by atoms with Crippen LogP contribution in [0.15, 0.2) is 29.6 Å². The number of aryl methyl sites for hydroxylation is 2. The van der Waals surface area contributed by atoms with Crippen LogP contribution in [0.3, 0.4) is 0 Å². The zero-order chi connectivity index (χ0) is 14.5. The zero-order valence-corrected chi connectivity index (χ0v) is 12.8. The van der Waals surface area contributed by atoms with E-state index in [0.29, 0.717) is 18.7 Å². The highest BCUT2D eigenvalue weighted by atomic mass is 32.1. The van der Waals surface area contributed by atoms with Crippen molar-refractivity contribution in [3.05, 3.63) is 51.2 Å². The molecule has 20 heavy (non-hydrogen) atoms. The van der Waals surface area contributed by atoms with Gasteiger partial charge in [-0.2, -0.15) is 0 Å². The van der Waals surface area contributed by atoms with Gasteiger partial charge in [0.25, 0.3) is 5.91 Å². The second-order valence-electron chi connectivity index (χ2n) is 4.62. The molecule has 106 valence electrons. The Morgan fingerprint density at radius 3 is 2.65 bits per heavy atom. The maximum atomic E-state index is 12.1. The molecule has 0 atom stereocenters. The molecule has 2 rings (SSSR count). The number of carbonyl (C=O) groups is 1. The van der Waals surface area contributed by atoms with Gasteiger partial charge in [0.05, 0.1) is 13.2 Å². The van der Waals surface area contributed by atoms with E-state index in [1.54, 1.807) is 17.4 Å². The van der Waals surface area contributed by atoms with Gasteiger partial charge in [0, 0.05) is 10.4 Å². The molecule has 0 saturated heterocycles. The van der Waals surface area contributed by atoms with Crippen LogP contribution in [-0.4, -0.2) is 12.5 Å². The van der Waals surface area contributed by atoms with Crippen LogP contribution in [0, 0.1) is 13.8 Å². The normalized spacial score (nSPS) is 10.3.